The van der Waals surface area contributed by atoms with Gasteiger partial charge >= 0.3 is 0 Å². The molecule has 2 aromatic carbocycles. The molecule has 20 heavy (non-hydrogen) atoms. The van der Waals surface area contributed by atoms with Crippen LogP contribution in [0.3, 0.4) is 0 Å². The van der Waals surface area contributed by atoms with Crippen molar-refractivity contribution in [3.8, 4) is 5.75 Å². The fourth-order valence-corrected chi connectivity index (χ4v) is 3.50. The maximum Gasteiger partial charge on any atom is 0.124 e. The molecule has 0 bridgehead atoms. The lowest BCUT2D eigenvalue weighted by Gasteiger charge is -2.16. The molecule has 2 aromatic rings. The number of benzene rings is 2. The molecule has 0 radical (unpaired) electrons. The molecule has 106 valence electrons. The standard InChI is InChI=1S/C16H15BrCl2O/c1-9-4-11(5-10(2)16(9)20-3)15(19)12-6-13(17)8-14(18)7-12/h4-8,15H,1-3H3. The maximum absolute atomic E-state index is 6.59. The number of halogens is 3. The molecule has 0 N–H and O–H groups in total. The lowest BCUT2D eigenvalue weighted by molar-refractivity contribution is 0.408. The summed E-state index contributed by atoms with van der Waals surface area (Å²) in [5, 5.41) is 0.426. The Morgan fingerprint density at radius 1 is 1.00 bits per heavy atom. The zero-order valence-corrected chi connectivity index (χ0v) is 14.6. The molecule has 0 aliphatic carbocycles. The van der Waals surface area contributed by atoms with Crippen molar-refractivity contribution in [3.05, 3.63) is 62.1 Å². The minimum atomic E-state index is -0.242. The molecule has 1 atom stereocenters. The van der Waals surface area contributed by atoms with Crippen molar-refractivity contribution in [2.24, 2.45) is 0 Å². The third-order valence-corrected chi connectivity index (χ3v) is 4.34. The molecule has 0 fully saturated rings. The van der Waals surface area contributed by atoms with E-state index in [2.05, 4.69) is 28.1 Å². The molecule has 4 heteroatoms. The second-order valence-electron chi connectivity index (χ2n) is 4.75. The first-order valence-corrected chi connectivity index (χ1v) is 7.78. The van der Waals surface area contributed by atoms with Gasteiger partial charge in [-0.25, -0.2) is 0 Å². The fourth-order valence-electron chi connectivity index (χ4n) is 2.37. The van der Waals surface area contributed by atoms with E-state index in [1.54, 1.807) is 7.11 Å². The van der Waals surface area contributed by atoms with E-state index in [4.69, 9.17) is 27.9 Å². The van der Waals surface area contributed by atoms with E-state index in [-0.39, 0.29) is 5.38 Å². The lowest BCUT2D eigenvalue weighted by Crippen LogP contribution is -1.98. The Morgan fingerprint density at radius 2 is 1.55 bits per heavy atom. The fraction of sp³-hybridized carbons (Fsp3) is 0.250. The van der Waals surface area contributed by atoms with Gasteiger partial charge in [0.25, 0.3) is 0 Å². The number of hydrogen-bond acceptors (Lipinski definition) is 1. The van der Waals surface area contributed by atoms with E-state index in [0.717, 1.165) is 32.5 Å². The van der Waals surface area contributed by atoms with E-state index in [9.17, 15) is 0 Å². The van der Waals surface area contributed by atoms with E-state index in [0.29, 0.717) is 5.02 Å². The summed E-state index contributed by atoms with van der Waals surface area (Å²) >= 11 is 16.1. The van der Waals surface area contributed by atoms with Crippen LogP contribution in [0.15, 0.2) is 34.8 Å². The monoisotopic (exact) mass is 372 g/mol. The summed E-state index contributed by atoms with van der Waals surface area (Å²) in [6, 6.07) is 9.83. The van der Waals surface area contributed by atoms with Gasteiger partial charge < -0.3 is 4.74 Å². The van der Waals surface area contributed by atoms with Crippen LogP contribution < -0.4 is 4.74 Å². The molecule has 0 spiro atoms. The van der Waals surface area contributed by atoms with Crippen molar-refractivity contribution in [3.63, 3.8) is 0 Å². The van der Waals surface area contributed by atoms with Gasteiger partial charge in [-0.2, -0.15) is 0 Å². The highest BCUT2D eigenvalue weighted by atomic mass is 79.9. The third kappa shape index (κ3) is 3.30. The summed E-state index contributed by atoms with van der Waals surface area (Å²) in [5.74, 6) is 0.907. The smallest absolute Gasteiger partial charge is 0.124 e. The third-order valence-electron chi connectivity index (χ3n) is 3.16. The van der Waals surface area contributed by atoms with E-state index < -0.39 is 0 Å². The molecular weight excluding hydrogens is 359 g/mol. The van der Waals surface area contributed by atoms with Gasteiger partial charge in [0.05, 0.1) is 12.5 Å². The summed E-state index contributed by atoms with van der Waals surface area (Å²) < 4.78 is 6.31. The number of alkyl halides is 1. The topological polar surface area (TPSA) is 9.23 Å². The summed E-state index contributed by atoms with van der Waals surface area (Å²) in [4.78, 5) is 0. The number of hydrogen-bond donors (Lipinski definition) is 0. The molecule has 0 saturated carbocycles. The largest absolute Gasteiger partial charge is 0.496 e. The molecular formula is C16H15BrCl2O. The Labute approximate surface area is 138 Å². The number of rotatable bonds is 3. The molecule has 0 amide bonds. The van der Waals surface area contributed by atoms with Crippen molar-refractivity contribution >= 4 is 39.1 Å². The quantitative estimate of drug-likeness (QED) is 0.594. The molecule has 0 aromatic heterocycles. The zero-order valence-electron chi connectivity index (χ0n) is 11.5. The van der Waals surface area contributed by atoms with E-state index in [1.807, 2.05) is 32.0 Å². The summed E-state index contributed by atoms with van der Waals surface area (Å²) in [6.07, 6.45) is 0. The minimum Gasteiger partial charge on any atom is -0.496 e. The summed E-state index contributed by atoms with van der Waals surface area (Å²) in [6.45, 7) is 4.04. The van der Waals surface area contributed by atoms with Crippen LogP contribution in [-0.4, -0.2) is 7.11 Å². The van der Waals surface area contributed by atoms with Crippen LogP contribution in [0.2, 0.25) is 5.02 Å². The Morgan fingerprint density at radius 3 is 2.05 bits per heavy atom. The van der Waals surface area contributed by atoms with Gasteiger partial charge in [-0.3, -0.25) is 0 Å². The molecule has 0 heterocycles. The lowest BCUT2D eigenvalue weighted by atomic mass is 9.99. The van der Waals surface area contributed by atoms with Crippen molar-refractivity contribution in [2.45, 2.75) is 19.2 Å². The zero-order chi connectivity index (χ0) is 14.9. The highest BCUT2D eigenvalue weighted by molar-refractivity contribution is 9.10. The average Bonchev–Trinajstić information content (AvgIpc) is 2.36. The highest BCUT2D eigenvalue weighted by Gasteiger charge is 2.15. The predicted octanol–water partition coefficient (Wildman–Crippen LogP) is 6.06. The molecule has 0 aliphatic heterocycles. The minimum absolute atomic E-state index is 0.242. The number of methoxy groups -OCH3 is 1. The van der Waals surface area contributed by atoms with E-state index >= 15 is 0 Å². The van der Waals surface area contributed by atoms with Gasteiger partial charge in [-0.15, -0.1) is 11.6 Å². The van der Waals surface area contributed by atoms with Crippen LogP contribution in [0.1, 0.15) is 27.6 Å². The first-order chi connectivity index (χ1) is 9.42. The molecule has 0 saturated heterocycles. The SMILES string of the molecule is COc1c(C)cc(C(Cl)c2cc(Cl)cc(Br)c2)cc1C. The second-order valence-corrected chi connectivity index (χ2v) is 6.54. The van der Waals surface area contributed by atoms with Crippen molar-refractivity contribution < 1.29 is 4.74 Å². The van der Waals surface area contributed by atoms with Gasteiger partial charge in [-0.1, -0.05) is 39.7 Å². The Balaban J connectivity index is 2.45. The highest BCUT2D eigenvalue weighted by Crippen LogP contribution is 2.35. The Hall–Kier alpha value is -0.700. The summed E-state index contributed by atoms with van der Waals surface area (Å²) in [7, 11) is 1.68. The van der Waals surface area contributed by atoms with Crippen LogP contribution in [0.5, 0.6) is 5.75 Å². The van der Waals surface area contributed by atoms with E-state index in [1.165, 1.54) is 0 Å². The second kappa shape index (κ2) is 6.38. The van der Waals surface area contributed by atoms with Crippen LogP contribution in [0, 0.1) is 13.8 Å². The molecule has 1 unspecified atom stereocenters. The number of ether oxygens (including phenoxy) is 1. The first kappa shape index (κ1) is 15.7. The Kier molecular flexibility index (Phi) is 5.00. The van der Waals surface area contributed by atoms with Crippen molar-refractivity contribution in [2.75, 3.05) is 7.11 Å². The normalized spacial score (nSPS) is 12.3. The van der Waals surface area contributed by atoms with Crippen molar-refractivity contribution in [1.82, 2.24) is 0 Å². The van der Waals surface area contributed by atoms with Gasteiger partial charge in [0.15, 0.2) is 0 Å². The maximum atomic E-state index is 6.59. The molecule has 1 nitrogen and oxygen atoms in total. The summed E-state index contributed by atoms with van der Waals surface area (Å²) in [5.41, 5.74) is 4.16. The van der Waals surface area contributed by atoms with Gasteiger partial charge in [0.2, 0.25) is 0 Å². The van der Waals surface area contributed by atoms with Gasteiger partial charge in [-0.05, 0) is 54.3 Å². The molecule has 2 rings (SSSR count). The predicted molar refractivity (Wildman–Crippen MR) is 89.3 cm³/mol. The van der Waals surface area contributed by atoms with Crippen LogP contribution in [0.4, 0.5) is 0 Å². The van der Waals surface area contributed by atoms with Gasteiger partial charge in [0.1, 0.15) is 5.75 Å². The van der Waals surface area contributed by atoms with Crippen LogP contribution >= 0.6 is 39.1 Å². The number of aryl methyl sites for hydroxylation is 2. The average molecular weight is 374 g/mol. The first-order valence-electron chi connectivity index (χ1n) is 6.17. The van der Waals surface area contributed by atoms with Crippen LogP contribution in [0.25, 0.3) is 0 Å². The van der Waals surface area contributed by atoms with Gasteiger partial charge in [0, 0.05) is 9.50 Å². The van der Waals surface area contributed by atoms with Crippen molar-refractivity contribution in [1.29, 1.82) is 0 Å². The van der Waals surface area contributed by atoms with Crippen LogP contribution in [-0.2, 0) is 0 Å². The Bertz CT molecular complexity index is 597. The molecule has 0 aliphatic rings.